The number of ether oxygens (including phenoxy) is 1. The van der Waals surface area contributed by atoms with Crippen LogP contribution < -0.4 is 10.5 Å². The van der Waals surface area contributed by atoms with E-state index in [0.717, 1.165) is 0 Å². The van der Waals surface area contributed by atoms with Crippen molar-refractivity contribution in [2.45, 2.75) is 12.5 Å². The number of carbonyl (C=O) groups excluding carboxylic acids is 1. The minimum atomic E-state index is -0.231. The first-order valence-electron chi connectivity index (χ1n) is 4.96. The van der Waals surface area contributed by atoms with Crippen molar-refractivity contribution in [3.8, 4) is 5.75 Å². The molecule has 0 saturated carbocycles. The lowest BCUT2D eigenvalue weighted by Gasteiger charge is -2.08. The van der Waals surface area contributed by atoms with Crippen molar-refractivity contribution in [2.75, 3.05) is 0 Å². The van der Waals surface area contributed by atoms with Crippen molar-refractivity contribution in [2.24, 2.45) is 11.7 Å². The molecule has 0 fully saturated rings. The van der Waals surface area contributed by atoms with Crippen LogP contribution in [0.4, 0.5) is 0 Å². The second-order valence-electron chi connectivity index (χ2n) is 3.63. The Balaban J connectivity index is 1.96. The molecule has 78 valence electrons. The molecule has 0 heterocycles. The van der Waals surface area contributed by atoms with Gasteiger partial charge in [0.05, 0.1) is 5.92 Å². The molecule has 2 atom stereocenters. The summed E-state index contributed by atoms with van der Waals surface area (Å²) in [5, 5.41) is 0. The van der Waals surface area contributed by atoms with Crippen LogP contribution in [0.5, 0.6) is 5.75 Å². The fourth-order valence-electron chi connectivity index (χ4n) is 1.58. The average Bonchev–Trinajstić information content (AvgIpc) is 2.66. The van der Waals surface area contributed by atoms with Crippen LogP contribution in [0, 0.1) is 5.92 Å². The van der Waals surface area contributed by atoms with Crippen molar-refractivity contribution in [1.82, 2.24) is 0 Å². The van der Waals surface area contributed by atoms with Gasteiger partial charge in [0.25, 0.3) is 0 Å². The largest absolute Gasteiger partial charge is 0.426 e. The summed E-state index contributed by atoms with van der Waals surface area (Å²) in [6.07, 6.45) is 4.30. The zero-order valence-electron chi connectivity index (χ0n) is 8.30. The zero-order valence-corrected chi connectivity index (χ0v) is 8.30. The Kier molecular flexibility index (Phi) is 2.83. The Morgan fingerprint density at radius 1 is 1.27 bits per heavy atom. The molecule has 3 heteroatoms. The molecule has 0 aliphatic heterocycles. The minimum absolute atomic E-state index is 0.0154. The Bertz CT molecular complexity index is 372. The fraction of sp³-hybridized carbons (Fsp3) is 0.250. The number of rotatable bonds is 2. The van der Waals surface area contributed by atoms with Crippen LogP contribution in [0.2, 0.25) is 0 Å². The number of nitrogens with two attached hydrogens (primary N) is 1. The summed E-state index contributed by atoms with van der Waals surface area (Å²) in [6, 6.07) is 9.05. The number of carbonyl (C=O) groups is 1. The van der Waals surface area contributed by atoms with Gasteiger partial charge in [0.15, 0.2) is 0 Å². The molecule has 0 amide bonds. The van der Waals surface area contributed by atoms with Crippen molar-refractivity contribution in [1.29, 1.82) is 0 Å². The average molecular weight is 203 g/mol. The Morgan fingerprint density at radius 2 is 2.00 bits per heavy atom. The highest BCUT2D eigenvalue weighted by atomic mass is 16.5. The first-order chi connectivity index (χ1) is 7.25. The van der Waals surface area contributed by atoms with Crippen LogP contribution in [0.25, 0.3) is 0 Å². The van der Waals surface area contributed by atoms with Crippen LogP contribution in [-0.2, 0) is 4.79 Å². The van der Waals surface area contributed by atoms with Crippen LogP contribution in [-0.4, -0.2) is 12.0 Å². The van der Waals surface area contributed by atoms with Gasteiger partial charge in [-0.15, -0.1) is 0 Å². The number of hydrogen-bond donors (Lipinski definition) is 1. The second kappa shape index (κ2) is 4.28. The number of para-hydroxylation sites is 1. The molecule has 2 N–H and O–H groups in total. The summed E-state index contributed by atoms with van der Waals surface area (Å²) >= 11 is 0. The summed E-state index contributed by atoms with van der Waals surface area (Å²) in [7, 11) is 0. The smallest absolute Gasteiger partial charge is 0.318 e. The summed E-state index contributed by atoms with van der Waals surface area (Å²) in [5.74, 6) is 0.155. The lowest BCUT2D eigenvalue weighted by Crippen LogP contribution is -2.22. The van der Waals surface area contributed by atoms with E-state index in [9.17, 15) is 4.79 Å². The first kappa shape index (κ1) is 9.93. The first-order valence-corrected chi connectivity index (χ1v) is 4.96. The molecule has 2 rings (SSSR count). The van der Waals surface area contributed by atoms with Crippen LogP contribution in [0.3, 0.4) is 0 Å². The fourth-order valence-corrected chi connectivity index (χ4v) is 1.58. The molecule has 1 aliphatic carbocycles. The maximum Gasteiger partial charge on any atom is 0.318 e. The summed E-state index contributed by atoms with van der Waals surface area (Å²) in [6.45, 7) is 0. The third-order valence-electron chi connectivity index (χ3n) is 2.38. The van der Waals surface area contributed by atoms with Crippen LogP contribution in [0.1, 0.15) is 6.42 Å². The van der Waals surface area contributed by atoms with Gasteiger partial charge in [0, 0.05) is 6.04 Å². The molecular formula is C12H13NO2. The summed E-state index contributed by atoms with van der Waals surface area (Å²) in [5.41, 5.74) is 5.66. The van der Waals surface area contributed by atoms with E-state index >= 15 is 0 Å². The van der Waals surface area contributed by atoms with Gasteiger partial charge in [-0.3, -0.25) is 4.79 Å². The van der Waals surface area contributed by atoms with E-state index in [4.69, 9.17) is 10.5 Å². The highest BCUT2D eigenvalue weighted by molar-refractivity contribution is 5.77. The van der Waals surface area contributed by atoms with Crippen molar-refractivity contribution < 1.29 is 9.53 Å². The van der Waals surface area contributed by atoms with Gasteiger partial charge in [-0.25, -0.2) is 0 Å². The maximum absolute atomic E-state index is 11.6. The third-order valence-corrected chi connectivity index (χ3v) is 2.38. The van der Waals surface area contributed by atoms with E-state index in [1.165, 1.54) is 0 Å². The van der Waals surface area contributed by atoms with Crippen molar-refractivity contribution in [3.63, 3.8) is 0 Å². The van der Waals surface area contributed by atoms with Crippen LogP contribution >= 0.6 is 0 Å². The zero-order chi connectivity index (χ0) is 10.7. The topological polar surface area (TPSA) is 52.3 Å². The summed E-state index contributed by atoms with van der Waals surface area (Å²) in [4.78, 5) is 11.6. The molecule has 15 heavy (non-hydrogen) atoms. The van der Waals surface area contributed by atoms with E-state index in [2.05, 4.69) is 0 Å². The van der Waals surface area contributed by atoms with Gasteiger partial charge in [-0.2, -0.15) is 0 Å². The van der Waals surface area contributed by atoms with Crippen LogP contribution in [0.15, 0.2) is 42.5 Å². The second-order valence-corrected chi connectivity index (χ2v) is 3.63. The predicted octanol–water partition coefficient (Wildman–Crippen LogP) is 1.50. The normalized spacial score (nSPS) is 24.1. The molecule has 0 bridgehead atoms. The Labute approximate surface area is 88.5 Å². The van der Waals surface area contributed by atoms with Gasteiger partial charge in [0.2, 0.25) is 0 Å². The van der Waals surface area contributed by atoms with E-state index < -0.39 is 0 Å². The number of hydrogen-bond acceptors (Lipinski definition) is 3. The molecule has 0 radical (unpaired) electrons. The van der Waals surface area contributed by atoms with Crippen molar-refractivity contribution in [3.05, 3.63) is 42.5 Å². The molecule has 0 spiro atoms. The van der Waals surface area contributed by atoms with Gasteiger partial charge >= 0.3 is 5.97 Å². The molecular weight excluding hydrogens is 190 g/mol. The molecule has 0 saturated heterocycles. The lowest BCUT2D eigenvalue weighted by molar-refractivity contribution is -0.137. The maximum atomic E-state index is 11.6. The number of esters is 1. The molecule has 1 aromatic rings. The highest BCUT2D eigenvalue weighted by Gasteiger charge is 2.24. The summed E-state index contributed by atoms with van der Waals surface area (Å²) < 4.78 is 5.20. The van der Waals surface area contributed by atoms with Gasteiger partial charge in [-0.1, -0.05) is 30.4 Å². The SMILES string of the molecule is N[C@H]1C=C[C@@H](C(=O)Oc2ccccc2)C1. The van der Waals surface area contributed by atoms with E-state index in [1.54, 1.807) is 12.1 Å². The third kappa shape index (κ3) is 2.44. The van der Waals surface area contributed by atoms with Gasteiger partial charge in [-0.05, 0) is 18.6 Å². The monoisotopic (exact) mass is 203 g/mol. The van der Waals surface area contributed by atoms with E-state index in [1.807, 2.05) is 30.4 Å². The predicted molar refractivity (Wildman–Crippen MR) is 57.3 cm³/mol. The quantitative estimate of drug-likeness (QED) is 0.450. The van der Waals surface area contributed by atoms with Gasteiger partial charge in [0.1, 0.15) is 5.75 Å². The van der Waals surface area contributed by atoms with Gasteiger partial charge < -0.3 is 10.5 Å². The minimum Gasteiger partial charge on any atom is -0.426 e. The van der Waals surface area contributed by atoms with E-state index in [0.29, 0.717) is 12.2 Å². The highest BCUT2D eigenvalue weighted by Crippen LogP contribution is 2.19. The standard InChI is InChI=1S/C12H13NO2/c13-10-7-6-9(8-10)12(14)15-11-4-2-1-3-5-11/h1-7,9-10H,8,13H2/t9-,10+/m1/s1. The molecule has 0 unspecified atom stereocenters. The lowest BCUT2D eigenvalue weighted by atomic mass is 10.1. The molecule has 3 nitrogen and oxygen atoms in total. The molecule has 0 aromatic heterocycles. The molecule has 1 aromatic carbocycles. The van der Waals surface area contributed by atoms with Crippen molar-refractivity contribution >= 4 is 5.97 Å². The number of benzene rings is 1. The van der Waals surface area contributed by atoms with E-state index in [-0.39, 0.29) is 17.9 Å². The Morgan fingerprint density at radius 3 is 2.60 bits per heavy atom. The Hall–Kier alpha value is -1.61. The molecule has 1 aliphatic rings.